The van der Waals surface area contributed by atoms with Gasteiger partial charge in [0.15, 0.2) is 0 Å². The molecule has 0 aliphatic rings. The van der Waals surface area contributed by atoms with Crippen molar-refractivity contribution in [3.8, 4) is 6.07 Å². The van der Waals surface area contributed by atoms with Gasteiger partial charge in [0.2, 0.25) is 0 Å². The largest absolute Gasteiger partial charge is 0.192 e. The Morgan fingerprint density at radius 3 is 2.73 bits per heavy atom. The van der Waals surface area contributed by atoms with Crippen LogP contribution in [0.15, 0.2) is 18.2 Å². The highest BCUT2D eigenvalue weighted by molar-refractivity contribution is 6.31. The number of nitrogens with zero attached hydrogens (tertiary/aromatic N) is 1. The molecule has 1 aromatic rings. The lowest BCUT2D eigenvalue weighted by atomic mass is 10.1. The monoisotopic (exact) mass is 164 g/mol. The van der Waals surface area contributed by atoms with Crippen LogP contribution in [0.25, 0.3) is 0 Å². The van der Waals surface area contributed by atoms with Crippen molar-refractivity contribution < 1.29 is 0 Å². The number of benzene rings is 1. The van der Waals surface area contributed by atoms with Crippen molar-refractivity contribution in [1.82, 2.24) is 0 Å². The molecule has 1 radical (unpaired) electrons. The summed E-state index contributed by atoms with van der Waals surface area (Å²) < 4.78 is 0. The van der Waals surface area contributed by atoms with Crippen molar-refractivity contribution in [3.63, 3.8) is 0 Å². The summed E-state index contributed by atoms with van der Waals surface area (Å²) in [5, 5.41) is 9.26. The van der Waals surface area contributed by atoms with Gasteiger partial charge in [-0.25, -0.2) is 0 Å². The summed E-state index contributed by atoms with van der Waals surface area (Å²) in [6.45, 7) is 3.69. The molecule has 0 aromatic heterocycles. The van der Waals surface area contributed by atoms with E-state index in [1.54, 1.807) is 18.2 Å². The second-order valence-electron chi connectivity index (χ2n) is 2.13. The third-order valence-electron chi connectivity index (χ3n) is 1.49. The van der Waals surface area contributed by atoms with Gasteiger partial charge in [0.25, 0.3) is 0 Å². The van der Waals surface area contributed by atoms with Crippen molar-refractivity contribution in [1.29, 1.82) is 5.26 Å². The Labute approximate surface area is 71.2 Å². The Morgan fingerprint density at radius 2 is 2.27 bits per heavy atom. The van der Waals surface area contributed by atoms with E-state index in [2.05, 4.69) is 13.0 Å². The zero-order chi connectivity index (χ0) is 8.27. The van der Waals surface area contributed by atoms with Crippen LogP contribution < -0.4 is 0 Å². The minimum atomic E-state index is 0.558. The van der Waals surface area contributed by atoms with Crippen LogP contribution in [-0.4, -0.2) is 0 Å². The molecule has 55 valence electrons. The van der Waals surface area contributed by atoms with Gasteiger partial charge in [-0.3, -0.25) is 0 Å². The lowest BCUT2D eigenvalue weighted by molar-refractivity contribution is 1.25. The molecule has 1 rings (SSSR count). The number of hydrogen-bond donors (Lipinski definition) is 0. The lowest BCUT2D eigenvalue weighted by Crippen LogP contribution is -1.87. The summed E-state index contributed by atoms with van der Waals surface area (Å²) in [6.07, 6.45) is 0.558. The summed E-state index contributed by atoms with van der Waals surface area (Å²) >= 11 is 5.82. The third-order valence-corrected chi connectivity index (χ3v) is 1.84. The van der Waals surface area contributed by atoms with E-state index in [0.29, 0.717) is 17.0 Å². The second-order valence-corrected chi connectivity index (χ2v) is 2.53. The summed E-state index contributed by atoms with van der Waals surface area (Å²) in [7, 11) is 0. The molecular weight excluding hydrogens is 158 g/mol. The van der Waals surface area contributed by atoms with Gasteiger partial charge in [-0.1, -0.05) is 17.7 Å². The topological polar surface area (TPSA) is 23.8 Å². The quantitative estimate of drug-likeness (QED) is 0.626. The van der Waals surface area contributed by atoms with Gasteiger partial charge in [0.1, 0.15) is 0 Å². The van der Waals surface area contributed by atoms with Crippen molar-refractivity contribution in [2.24, 2.45) is 0 Å². The molecular formula is C9H7ClN. The first-order chi connectivity index (χ1) is 5.29. The van der Waals surface area contributed by atoms with Crippen molar-refractivity contribution in [2.45, 2.75) is 6.42 Å². The molecule has 0 bridgehead atoms. The minimum absolute atomic E-state index is 0.558. The van der Waals surface area contributed by atoms with Gasteiger partial charge in [0.05, 0.1) is 11.6 Å². The first-order valence-corrected chi connectivity index (χ1v) is 3.64. The highest BCUT2D eigenvalue weighted by Crippen LogP contribution is 2.19. The molecule has 0 amide bonds. The van der Waals surface area contributed by atoms with Crippen molar-refractivity contribution in [2.75, 3.05) is 0 Å². The van der Waals surface area contributed by atoms with E-state index in [4.69, 9.17) is 16.9 Å². The maximum Gasteiger partial charge on any atom is 0.0995 e. The SMILES string of the molecule is [CH2]Cc1c(Cl)cccc1C#N. The van der Waals surface area contributed by atoms with Crippen molar-refractivity contribution >= 4 is 11.6 Å². The fraction of sp³-hybridized carbons (Fsp3) is 0.111. The maximum absolute atomic E-state index is 8.64. The van der Waals surface area contributed by atoms with Crippen LogP contribution in [0.2, 0.25) is 5.02 Å². The van der Waals surface area contributed by atoms with Gasteiger partial charge < -0.3 is 0 Å². The average molecular weight is 165 g/mol. The molecule has 1 aromatic carbocycles. The Balaban J connectivity index is 3.27. The molecule has 0 unspecified atom stereocenters. The normalized spacial score (nSPS) is 9.18. The smallest absolute Gasteiger partial charge is 0.0995 e. The summed E-state index contributed by atoms with van der Waals surface area (Å²) in [5.41, 5.74) is 1.45. The Hall–Kier alpha value is -1.00. The van der Waals surface area contributed by atoms with Crippen molar-refractivity contribution in [3.05, 3.63) is 41.3 Å². The third kappa shape index (κ3) is 1.53. The van der Waals surface area contributed by atoms with Crippen LogP contribution in [-0.2, 0) is 6.42 Å². The van der Waals surface area contributed by atoms with Crippen LogP contribution in [0.3, 0.4) is 0 Å². The van der Waals surface area contributed by atoms with E-state index in [9.17, 15) is 0 Å². The summed E-state index contributed by atoms with van der Waals surface area (Å²) in [6, 6.07) is 7.34. The summed E-state index contributed by atoms with van der Waals surface area (Å²) in [4.78, 5) is 0. The van der Waals surface area contributed by atoms with E-state index >= 15 is 0 Å². The molecule has 0 N–H and O–H groups in total. The standard InChI is InChI=1S/C9H7ClN/c1-2-8-7(6-11)4-3-5-9(8)10/h3-5H,1-2H2. The number of nitriles is 1. The molecule has 0 spiro atoms. The molecule has 0 saturated heterocycles. The predicted octanol–water partition coefficient (Wildman–Crippen LogP) is 2.59. The zero-order valence-corrected chi connectivity index (χ0v) is 6.73. The highest BCUT2D eigenvalue weighted by Gasteiger charge is 2.02. The fourth-order valence-corrected chi connectivity index (χ4v) is 1.19. The van der Waals surface area contributed by atoms with Gasteiger partial charge in [0, 0.05) is 5.02 Å². The second kappa shape index (κ2) is 3.41. The number of hydrogen-bond acceptors (Lipinski definition) is 1. The van der Waals surface area contributed by atoms with Gasteiger partial charge in [-0.2, -0.15) is 5.26 Å². The zero-order valence-electron chi connectivity index (χ0n) is 5.97. The molecule has 0 fully saturated rings. The van der Waals surface area contributed by atoms with Crippen LogP contribution in [0.1, 0.15) is 11.1 Å². The molecule has 0 atom stereocenters. The van der Waals surface area contributed by atoms with E-state index in [1.165, 1.54) is 0 Å². The maximum atomic E-state index is 8.64. The Bertz CT molecular complexity index is 299. The van der Waals surface area contributed by atoms with E-state index in [1.807, 2.05) is 0 Å². The van der Waals surface area contributed by atoms with Gasteiger partial charge in [-0.05, 0) is 31.0 Å². The number of rotatable bonds is 1. The molecule has 0 heterocycles. The molecule has 0 saturated carbocycles. The predicted molar refractivity (Wildman–Crippen MR) is 45.2 cm³/mol. The minimum Gasteiger partial charge on any atom is -0.192 e. The Morgan fingerprint density at radius 1 is 1.55 bits per heavy atom. The molecule has 1 nitrogen and oxygen atoms in total. The van der Waals surface area contributed by atoms with Crippen LogP contribution in [0.5, 0.6) is 0 Å². The van der Waals surface area contributed by atoms with Gasteiger partial charge >= 0.3 is 0 Å². The van der Waals surface area contributed by atoms with E-state index in [-0.39, 0.29) is 0 Å². The summed E-state index contributed by atoms with van der Waals surface area (Å²) in [5.74, 6) is 0. The van der Waals surface area contributed by atoms with Crippen LogP contribution >= 0.6 is 11.6 Å². The van der Waals surface area contributed by atoms with Crippen LogP contribution in [0, 0.1) is 18.3 Å². The van der Waals surface area contributed by atoms with Gasteiger partial charge in [-0.15, -0.1) is 0 Å². The molecule has 2 heteroatoms. The highest BCUT2D eigenvalue weighted by atomic mass is 35.5. The molecule has 0 aliphatic carbocycles. The average Bonchev–Trinajstić information content (AvgIpc) is 2.04. The Kier molecular flexibility index (Phi) is 2.51. The molecule has 0 aliphatic heterocycles. The first-order valence-electron chi connectivity index (χ1n) is 3.26. The fourth-order valence-electron chi connectivity index (χ4n) is 0.917. The van der Waals surface area contributed by atoms with E-state index < -0.39 is 0 Å². The first kappa shape index (κ1) is 8.10. The van der Waals surface area contributed by atoms with E-state index in [0.717, 1.165) is 5.56 Å². The number of halogens is 1. The molecule has 11 heavy (non-hydrogen) atoms. The van der Waals surface area contributed by atoms with Crippen LogP contribution in [0.4, 0.5) is 0 Å². The lowest BCUT2D eigenvalue weighted by Gasteiger charge is -2.00.